The van der Waals surface area contributed by atoms with E-state index in [2.05, 4.69) is 83.4 Å². The van der Waals surface area contributed by atoms with Crippen LogP contribution >= 0.6 is 44.7 Å². The van der Waals surface area contributed by atoms with Crippen molar-refractivity contribution in [2.24, 2.45) is 0 Å². The van der Waals surface area contributed by atoms with Gasteiger partial charge in [0.25, 0.3) is 0 Å². The molecule has 0 amide bonds. The number of hydrogen-bond donors (Lipinski definition) is 1. The Hall–Kier alpha value is 1.17. The predicted octanol–water partition coefficient (Wildman–Crippen LogP) is 6.72. The van der Waals surface area contributed by atoms with Crippen LogP contribution in [0.4, 0.5) is 0 Å². The third-order valence-corrected chi connectivity index (χ3v) is 51.5. The Morgan fingerprint density at radius 1 is 1.21 bits per heavy atom. The predicted molar refractivity (Wildman–Crippen MR) is 114 cm³/mol. The van der Waals surface area contributed by atoms with Crippen molar-refractivity contribution in [2.75, 3.05) is 0 Å². The molecule has 1 aromatic carbocycles. The van der Waals surface area contributed by atoms with Gasteiger partial charge in [-0.2, -0.15) is 0 Å². The molecule has 0 saturated heterocycles. The second-order valence-electron chi connectivity index (χ2n) is 7.97. The van der Waals surface area contributed by atoms with Crippen LogP contribution in [-0.2, 0) is 15.8 Å². The summed E-state index contributed by atoms with van der Waals surface area (Å²) in [7, 11) is 15.2. The molecule has 3 rings (SSSR count). The Morgan fingerprint density at radius 3 is 2.42 bits per heavy atom. The van der Waals surface area contributed by atoms with E-state index in [9.17, 15) is 0 Å². The number of hydrogen-bond acceptors (Lipinski definition) is 2. The van der Waals surface area contributed by atoms with Crippen molar-refractivity contribution in [3.8, 4) is 0 Å². The van der Waals surface area contributed by atoms with E-state index in [1.165, 1.54) is 23.8 Å². The quantitative estimate of drug-likeness (QED) is 0.425. The fourth-order valence-corrected chi connectivity index (χ4v) is 30.6. The van der Waals surface area contributed by atoms with Gasteiger partial charge in [0.2, 0.25) is 0 Å². The van der Waals surface area contributed by atoms with Crippen LogP contribution in [0.25, 0.3) is 3.28 Å². The van der Waals surface area contributed by atoms with Crippen molar-refractivity contribution in [1.82, 2.24) is 3.26 Å². The van der Waals surface area contributed by atoms with E-state index in [1.54, 1.807) is 0 Å². The first-order valence-electron chi connectivity index (χ1n) is 8.18. The summed E-state index contributed by atoms with van der Waals surface area (Å²) in [5.74, 6) is -1.38. The van der Waals surface area contributed by atoms with Crippen LogP contribution in [0.2, 0.25) is 13.1 Å². The Labute approximate surface area is 167 Å². The number of benzene rings is 1. The summed E-state index contributed by atoms with van der Waals surface area (Å²) in [5, 5.41) is 0.324. The number of halogens is 3. The normalized spacial score (nSPS) is 22.3. The first kappa shape index (κ1) is 19.9. The van der Waals surface area contributed by atoms with E-state index in [4.69, 9.17) is 17.0 Å². The summed E-state index contributed by atoms with van der Waals surface area (Å²) in [6, 6.07) is 8.65. The summed E-state index contributed by atoms with van der Waals surface area (Å²) in [4.78, 5) is 0. The number of allylic oxidation sites excluding steroid dienone is 1. The molecule has 1 N–H and O–H groups in total. The van der Waals surface area contributed by atoms with Crippen LogP contribution in [0.1, 0.15) is 37.1 Å². The second kappa shape index (κ2) is 6.36. The van der Waals surface area contributed by atoms with Crippen molar-refractivity contribution >= 4 is 53.9 Å². The molecule has 1 aliphatic heterocycles. The molecule has 1 heterocycles. The SMILES string of the molecule is C[SiH](C)[Zr]([Cl])([Cl])([NH]C(C)(C)C)[C]1=C2C=C(Br)SC2c2ccccc21. The molecule has 1 atom stereocenters. The van der Waals surface area contributed by atoms with Gasteiger partial charge in [-0.25, -0.2) is 0 Å². The summed E-state index contributed by atoms with van der Waals surface area (Å²) in [6.07, 6.45) is 2.24. The second-order valence-corrected chi connectivity index (χ2v) is 50.1. The number of rotatable bonds is 3. The van der Waals surface area contributed by atoms with Crippen LogP contribution in [-0.4, -0.2) is 11.5 Å². The van der Waals surface area contributed by atoms with Crippen LogP contribution < -0.4 is 3.26 Å². The van der Waals surface area contributed by atoms with Crippen molar-refractivity contribution in [3.63, 3.8) is 0 Å². The van der Waals surface area contributed by atoms with E-state index >= 15 is 0 Å². The molecule has 1 aliphatic carbocycles. The summed E-state index contributed by atoms with van der Waals surface area (Å²) in [5.41, 5.74) is 3.83. The van der Waals surface area contributed by atoms with Gasteiger partial charge in [-0.1, -0.05) is 0 Å². The van der Waals surface area contributed by atoms with E-state index in [0.29, 0.717) is 5.25 Å². The molecule has 7 heteroatoms. The molecule has 1 nitrogen and oxygen atoms in total. The van der Waals surface area contributed by atoms with Gasteiger partial charge >= 0.3 is 169 Å². The molecule has 2 aliphatic rings. The molecule has 0 bridgehead atoms. The van der Waals surface area contributed by atoms with Crippen molar-refractivity contribution < 1.29 is 15.8 Å². The first-order chi connectivity index (χ1) is 10.9. The average molecular weight is 544 g/mol. The average Bonchev–Trinajstić information content (AvgIpc) is 2.90. The fraction of sp³-hybridized carbons (Fsp3) is 0.412. The van der Waals surface area contributed by atoms with Crippen LogP contribution in [0.15, 0.2) is 39.7 Å². The van der Waals surface area contributed by atoms with Gasteiger partial charge < -0.3 is 0 Å². The maximum absolute atomic E-state index is 7.58. The van der Waals surface area contributed by atoms with Crippen molar-refractivity contribution in [3.05, 3.63) is 50.9 Å². The third kappa shape index (κ3) is 3.25. The minimum atomic E-state index is -4.36. The maximum atomic E-state index is 7.58. The number of nitrogens with one attached hydrogen (secondary N) is 1. The Kier molecular flexibility index (Phi) is 5.28. The van der Waals surface area contributed by atoms with Gasteiger partial charge in [0, 0.05) is 0 Å². The zero-order chi connectivity index (χ0) is 17.9. The summed E-state index contributed by atoms with van der Waals surface area (Å²) < 4.78 is 6.24. The minimum absolute atomic E-state index is 0.112. The molecule has 131 valence electrons. The molecule has 0 spiro atoms. The molecule has 0 saturated carbocycles. The first-order valence-corrected chi connectivity index (χ1v) is 25.8. The molecule has 24 heavy (non-hydrogen) atoms. The fourth-order valence-electron chi connectivity index (χ4n) is 3.65. The van der Waals surface area contributed by atoms with Gasteiger partial charge in [-0.05, 0) is 0 Å². The molecular formula is C17H23BrCl2NSSiZr. The van der Waals surface area contributed by atoms with Gasteiger partial charge in [-0.3, -0.25) is 0 Å². The zero-order valence-electron chi connectivity index (χ0n) is 14.6. The molecular weight excluding hydrogens is 520 g/mol. The Morgan fingerprint density at radius 2 is 1.83 bits per heavy atom. The molecule has 0 radical (unpaired) electrons. The molecule has 1 aromatic rings. The zero-order valence-corrected chi connectivity index (χ0v) is 22.1. The molecule has 1 unspecified atom stereocenters. The van der Waals surface area contributed by atoms with Crippen molar-refractivity contribution in [2.45, 2.75) is 44.7 Å². The van der Waals surface area contributed by atoms with Crippen LogP contribution in [0.5, 0.6) is 0 Å². The van der Waals surface area contributed by atoms with Gasteiger partial charge in [0.15, 0.2) is 0 Å². The number of thioether (sulfide) groups is 1. The number of fused-ring (bicyclic) bond motifs is 3. The Bertz CT molecular complexity index is 770. The van der Waals surface area contributed by atoms with Gasteiger partial charge in [0.1, 0.15) is 0 Å². The Balaban J connectivity index is 2.31. The van der Waals surface area contributed by atoms with E-state index < -0.39 is 21.8 Å². The van der Waals surface area contributed by atoms with Crippen molar-refractivity contribution in [1.29, 1.82) is 0 Å². The molecule has 0 fully saturated rings. The summed E-state index contributed by atoms with van der Waals surface area (Å²) >= 11 is 1.17. The molecule has 0 aromatic heterocycles. The standard InChI is InChI=1S/C11H6BrS.C4H10N.C2H7Si.2ClH.Zr/c12-10-6-8-5-7-3-1-2-4-9(7)11(8)13-10;1-4(2,3)5;1-3-2;;;/h1-4,6,11H;5H,1-3H3;3H,1-2H3;2*1H;/q;-1;;;;+3/p-2. The van der Waals surface area contributed by atoms with E-state index in [0.717, 1.165) is 0 Å². The summed E-state index contributed by atoms with van der Waals surface area (Å²) in [6.45, 7) is 11.1. The van der Waals surface area contributed by atoms with Gasteiger partial charge in [0.05, 0.1) is 0 Å². The van der Waals surface area contributed by atoms with Crippen LogP contribution in [0, 0.1) is 0 Å². The monoisotopic (exact) mass is 540 g/mol. The third-order valence-electron chi connectivity index (χ3n) is 4.66. The van der Waals surface area contributed by atoms with Gasteiger partial charge in [-0.15, -0.1) is 0 Å². The topological polar surface area (TPSA) is 12.0 Å². The van der Waals surface area contributed by atoms with Crippen LogP contribution in [0.3, 0.4) is 0 Å². The van der Waals surface area contributed by atoms with E-state index in [-0.39, 0.29) is 5.54 Å². The van der Waals surface area contributed by atoms with E-state index in [1.807, 2.05) is 11.8 Å².